The molecular weight excluding hydrogens is 382 g/mol. The first-order valence-corrected chi connectivity index (χ1v) is 9.32. The second-order valence-corrected chi connectivity index (χ2v) is 7.31. The van der Waals surface area contributed by atoms with Gasteiger partial charge in [0.2, 0.25) is 0 Å². The molecular formula is C18H20BrN5O. The van der Waals surface area contributed by atoms with E-state index in [1.54, 1.807) is 18.6 Å². The van der Waals surface area contributed by atoms with Gasteiger partial charge in [-0.3, -0.25) is 4.98 Å². The van der Waals surface area contributed by atoms with Crippen molar-refractivity contribution in [1.82, 2.24) is 20.2 Å². The fourth-order valence-corrected chi connectivity index (χ4v) is 3.90. The zero-order valence-corrected chi connectivity index (χ0v) is 15.4. The molecule has 4 rings (SSSR count). The van der Waals surface area contributed by atoms with Crippen LogP contribution < -0.4 is 10.2 Å². The van der Waals surface area contributed by atoms with Crippen LogP contribution in [0.1, 0.15) is 17.9 Å². The van der Waals surface area contributed by atoms with Crippen molar-refractivity contribution in [1.29, 1.82) is 0 Å². The van der Waals surface area contributed by atoms with Crippen LogP contribution in [0.4, 0.5) is 10.6 Å². The van der Waals surface area contributed by atoms with Gasteiger partial charge in [0.1, 0.15) is 5.82 Å². The van der Waals surface area contributed by atoms with Crippen LogP contribution in [0.3, 0.4) is 0 Å². The first kappa shape index (κ1) is 16.3. The number of nitrogens with one attached hydrogen (secondary N) is 1. The predicted octanol–water partition coefficient (Wildman–Crippen LogP) is 2.63. The van der Waals surface area contributed by atoms with Gasteiger partial charge in [0.25, 0.3) is 0 Å². The van der Waals surface area contributed by atoms with Crippen LogP contribution in [-0.2, 0) is 0 Å². The maximum atomic E-state index is 12.5. The molecule has 2 aliphatic rings. The topological polar surface area (TPSA) is 61.4 Å². The van der Waals surface area contributed by atoms with Crippen LogP contribution in [0.25, 0.3) is 0 Å². The molecule has 0 unspecified atom stereocenters. The third-order valence-corrected chi connectivity index (χ3v) is 5.57. The van der Waals surface area contributed by atoms with Crippen molar-refractivity contribution in [3.8, 4) is 0 Å². The van der Waals surface area contributed by atoms with Crippen molar-refractivity contribution in [3.63, 3.8) is 0 Å². The van der Waals surface area contributed by atoms with Crippen LogP contribution in [0, 0.1) is 0 Å². The maximum absolute atomic E-state index is 12.5. The number of rotatable bonds is 3. The lowest BCUT2D eigenvalue weighted by molar-refractivity contribution is 0.193. The number of amides is 2. The van der Waals surface area contributed by atoms with E-state index in [2.05, 4.69) is 48.2 Å². The summed E-state index contributed by atoms with van der Waals surface area (Å²) in [5, 5.41) is 3.17. The summed E-state index contributed by atoms with van der Waals surface area (Å²) in [6.45, 7) is 2.97. The average molecular weight is 402 g/mol. The number of carbonyl (C=O) groups is 1. The van der Waals surface area contributed by atoms with Crippen LogP contribution in [-0.4, -0.2) is 53.1 Å². The quantitative estimate of drug-likeness (QED) is 0.858. The van der Waals surface area contributed by atoms with Gasteiger partial charge in [-0.2, -0.15) is 0 Å². The highest BCUT2D eigenvalue weighted by Crippen LogP contribution is 2.43. The van der Waals surface area contributed by atoms with Crippen LogP contribution in [0.15, 0.2) is 47.3 Å². The van der Waals surface area contributed by atoms with Crippen LogP contribution >= 0.6 is 15.9 Å². The van der Waals surface area contributed by atoms with Crippen molar-refractivity contribution in [3.05, 3.63) is 52.9 Å². The van der Waals surface area contributed by atoms with Gasteiger partial charge in [-0.05, 0) is 18.1 Å². The first-order chi connectivity index (χ1) is 12.2. The Labute approximate surface area is 155 Å². The van der Waals surface area contributed by atoms with E-state index in [1.165, 1.54) is 5.56 Å². The van der Waals surface area contributed by atoms with Gasteiger partial charge in [0.05, 0.1) is 6.20 Å². The summed E-state index contributed by atoms with van der Waals surface area (Å²) in [5.41, 5.74) is 1.28. The Balaban J connectivity index is 1.28. The Hall–Kier alpha value is -2.15. The minimum Gasteiger partial charge on any atom is -0.352 e. The molecule has 7 heteroatoms. The van der Waals surface area contributed by atoms with E-state index in [4.69, 9.17) is 0 Å². The van der Waals surface area contributed by atoms with E-state index in [9.17, 15) is 4.79 Å². The number of urea groups is 1. The van der Waals surface area contributed by atoms with E-state index in [1.807, 2.05) is 17.0 Å². The Morgan fingerprint density at radius 1 is 1.16 bits per heavy atom. The van der Waals surface area contributed by atoms with E-state index >= 15 is 0 Å². The Bertz CT molecular complexity index is 748. The molecule has 130 valence electrons. The molecule has 25 heavy (non-hydrogen) atoms. The zero-order valence-electron chi connectivity index (χ0n) is 13.8. The van der Waals surface area contributed by atoms with Gasteiger partial charge in [0, 0.05) is 55.0 Å². The van der Waals surface area contributed by atoms with Gasteiger partial charge in [-0.15, -0.1) is 0 Å². The minimum atomic E-state index is 0.0401. The van der Waals surface area contributed by atoms with Gasteiger partial charge in [0.15, 0.2) is 0 Å². The molecule has 2 aromatic rings. The van der Waals surface area contributed by atoms with E-state index in [0.717, 1.165) is 29.8 Å². The molecule has 0 spiro atoms. The van der Waals surface area contributed by atoms with Gasteiger partial charge in [-0.1, -0.05) is 34.1 Å². The van der Waals surface area contributed by atoms with Crippen molar-refractivity contribution < 1.29 is 4.79 Å². The molecule has 2 atom stereocenters. The summed E-state index contributed by atoms with van der Waals surface area (Å²) < 4.78 is 1.12. The van der Waals surface area contributed by atoms with Crippen LogP contribution in [0.2, 0.25) is 0 Å². The fourth-order valence-electron chi connectivity index (χ4n) is 3.32. The number of benzene rings is 1. The maximum Gasteiger partial charge on any atom is 0.317 e. The predicted molar refractivity (Wildman–Crippen MR) is 99.6 cm³/mol. The second-order valence-electron chi connectivity index (χ2n) is 6.46. The third-order valence-electron chi connectivity index (χ3n) is 4.84. The third kappa shape index (κ3) is 3.61. The molecule has 2 fully saturated rings. The zero-order chi connectivity index (χ0) is 17.2. The summed E-state index contributed by atoms with van der Waals surface area (Å²) in [7, 11) is 0. The van der Waals surface area contributed by atoms with Gasteiger partial charge >= 0.3 is 6.03 Å². The number of piperazine rings is 1. The fraction of sp³-hybridized carbons (Fsp3) is 0.389. The molecule has 1 N–H and O–H groups in total. The molecule has 1 aliphatic heterocycles. The number of halogens is 1. The molecule has 1 aliphatic carbocycles. The number of nitrogens with zero attached hydrogens (tertiary/aromatic N) is 4. The highest BCUT2D eigenvalue weighted by molar-refractivity contribution is 9.10. The Morgan fingerprint density at radius 2 is 1.96 bits per heavy atom. The molecule has 1 aromatic heterocycles. The standard InChI is InChI=1S/C18H20BrN5O/c19-15-4-2-1-3-13(15)14-11-16(14)22-18(25)24-9-7-23(8-10-24)17-12-20-5-6-21-17/h1-6,12,14,16H,7-11H2,(H,22,25)/t14-,16-/m0/s1. The lowest BCUT2D eigenvalue weighted by Crippen LogP contribution is -2.52. The van der Waals surface area contributed by atoms with Crippen molar-refractivity contribution in [2.24, 2.45) is 0 Å². The van der Waals surface area contributed by atoms with E-state index in [0.29, 0.717) is 19.0 Å². The summed E-state index contributed by atoms with van der Waals surface area (Å²) in [6, 6.07) is 8.52. The minimum absolute atomic E-state index is 0.0401. The SMILES string of the molecule is O=C(N[C@H]1C[C@H]1c1ccccc1Br)N1CCN(c2cnccn2)CC1. The first-order valence-electron chi connectivity index (χ1n) is 8.53. The summed E-state index contributed by atoms with van der Waals surface area (Å²) in [4.78, 5) is 25.0. The molecule has 1 aromatic carbocycles. The normalized spacial score (nSPS) is 22.6. The largest absolute Gasteiger partial charge is 0.352 e. The number of aromatic nitrogens is 2. The number of hydrogen-bond acceptors (Lipinski definition) is 4. The average Bonchev–Trinajstić information content (AvgIpc) is 3.42. The van der Waals surface area contributed by atoms with Crippen molar-refractivity contribution >= 4 is 27.8 Å². The van der Waals surface area contributed by atoms with Gasteiger partial charge < -0.3 is 15.1 Å². The lowest BCUT2D eigenvalue weighted by atomic mass is 10.1. The molecule has 6 nitrogen and oxygen atoms in total. The smallest absolute Gasteiger partial charge is 0.317 e. The van der Waals surface area contributed by atoms with E-state index in [-0.39, 0.29) is 12.1 Å². The molecule has 0 radical (unpaired) electrons. The Kier molecular flexibility index (Phi) is 4.57. The number of anilines is 1. The summed E-state index contributed by atoms with van der Waals surface area (Å²) in [6.07, 6.45) is 6.14. The molecule has 2 heterocycles. The van der Waals surface area contributed by atoms with E-state index < -0.39 is 0 Å². The van der Waals surface area contributed by atoms with Crippen molar-refractivity contribution in [2.45, 2.75) is 18.4 Å². The highest BCUT2D eigenvalue weighted by Gasteiger charge is 2.41. The van der Waals surface area contributed by atoms with Gasteiger partial charge in [-0.25, -0.2) is 9.78 Å². The summed E-state index contributed by atoms with van der Waals surface area (Å²) in [5.74, 6) is 1.29. The second kappa shape index (κ2) is 7.00. The molecule has 1 saturated heterocycles. The molecule has 2 amide bonds. The van der Waals surface area contributed by atoms with Crippen molar-refractivity contribution in [2.75, 3.05) is 31.1 Å². The molecule has 0 bridgehead atoms. The molecule has 1 saturated carbocycles. The highest BCUT2D eigenvalue weighted by atomic mass is 79.9. The number of carbonyl (C=O) groups excluding carboxylic acids is 1. The monoisotopic (exact) mass is 401 g/mol. The number of hydrogen-bond donors (Lipinski definition) is 1. The Morgan fingerprint density at radius 3 is 2.68 bits per heavy atom. The van der Waals surface area contributed by atoms with Crippen LogP contribution in [0.5, 0.6) is 0 Å². The lowest BCUT2D eigenvalue weighted by Gasteiger charge is -2.35. The summed E-state index contributed by atoms with van der Waals surface area (Å²) >= 11 is 3.60.